The van der Waals surface area contributed by atoms with Crippen molar-refractivity contribution in [3.63, 3.8) is 0 Å². The fraction of sp³-hybridized carbons (Fsp3) is 0.111. The number of hydrogen-bond donors (Lipinski definition) is 1. The molecule has 0 atom stereocenters. The van der Waals surface area contributed by atoms with Crippen LogP contribution >= 0.6 is 0 Å². The molecule has 0 aliphatic carbocycles. The van der Waals surface area contributed by atoms with Gasteiger partial charge in [-0.15, -0.1) is 0 Å². The predicted octanol–water partition coefficient (Wildman–Crippen LogP) is 3.85. The Morgan fingerprint density at radius 3 is 2.64 bits per heavy atom. The molecule has 0 radical (unpaired) electrons. The fourth-order valence-corrected chi connectivity index (χ4v) is 2.68. The van der Waals surface area contributed by atoms with Crippen molar-refractivity contribution >= 4 is 0 Å². The molecule has 4 nitrogen and oxygen atoms in total. The summed E-state index contributed by atoms with van der Waals surface area (Å²) in [5.41, 5.74) is 3.61. The predicted molar refractivity (Wildman–Crippen MR) is 83.2 cm³/mol. The average molecular weight is 290 g/mol. The molecule has 22 heavy (non-hydrogen) atoms. The molecule has 4 rings (SSSR count). The van der Waals surface area contributed by atoms with Crippen molar-refractivity contribution < 1.29 is 9.84 Å². The number of nitrogens with zero attached hydrogens (tertiary/aromatic N) is 2. The van der Waals surface area contributed by atoms with Crippen molar-refractivity contribution in [3.8, 4) is 28.8 Å². The van der Waals surface area contributed by atoms with E-state index in [1.54, 1.807) is 18.2 Å². The van der Waals surface area contributed by atoms with Gasteiger partial charge in [0.05, 0.1) is 5.56 Å². The summed E-state index contributed by atoms with van der Waals surface area (Å²) < 4.78 is 5.93. The molecule has 1 aliphatic rings. The summed E-state index contributed by atoms with van der Waals surface area (Å²) >= 11 is 0. The molecule has 2 aromatic carbocycles. The van der Waals surface area contributed by atoms with Gasteiger partial charge in [-0.2, -0.15) is 4.98 Å². The first-order valence-electron chi connectivity index (χ1n) is 7.14. The normalized spacial score (nSPS) is 12.2. The number of phenols is 1. The smallest absolute Gasteiger partial charge is 0.226 e. The number of aromatic nitrogens is 2. The molecule has 0 fully saturated rings. The Morgan fingerprint density at radius 1 is 1.00 bits per heavy atom. The highest BCUT2D eigenvalue weighted by molar-refractivity contribution is 5.65. The maximum absolute atomic E-state index is 10.00. The lowest BCUT2D eigenvalue weighted by Gasteiger charge is -2.21. The largest absolute Gasteiger partial charge is 0.507 e. The first-order chi connectivity index (χ1) is 10.7. The van der Waals surface area contributed by atoms with Crippen LogP contribution in [0.4, 0.5) is 0 Å². The van der Waals surface area contributed by atoms with Crippen LogP contribution < -0.4 is 4.74 Å². The second-order valence-electron chi connectivity index (χ2n) is 5.32. The lowest BCUT2D eigenvalue weighted by molar-refractivity contribution is 0.438. The second kappa shape index (κ2) is 4.84. The standard InChI is InChI=1S/C18H14N2O2/c1-11-14-10-12-6-2-5-9-16(12)22-18(14)20-17(19-11)13-7-3-4-8-15(13)21/h2-9,21H,10H2,1H3. The third-order valence-electron chi connectivity index (χ3n) is 3.87. The number of para-hydroxylation sites is 2. The van der Waals surface area contributed by atoms with E-state index in [9.17, 15) is 5.11 Å². The molecule has 0 bridgehead atoms. The van der Waals surface area contributed by atoms with Crippen LogP contribution in [0.15, 0.2) is 48.5 Å². The molecule has 0 saturated heterocycles. The number of ether oxygens (including phenoxy) is 1. The summed E-state index contributed by atoms with van der Waals surface area (Å²) in [6.07, 6.45) is 0.762. The maximum atomic E-state index is 10.00. The van der Waals surface area contributed by atoms with E-state index < -0.39 is 0 Å². The molecule has 4 heteroatoms. The van der Waals surface area contributed by atoms with Crippen LogP contribution in [-0.4, -0.2) is 15.1 Å². The monoisotopic (exact) mass is 290 g/mol. The quantitative estimate of drug-likeness (QED) is 0.578. The van der Waals surface area contributed by atoms with Crippen molar-refractivity contribution in [3.05, 3.63) is 65.4 Å². The third-order valence-corrected chi connectivity index (χ3v) is 3.87. The van der Waals surface area contributed by atoms with Crippen LogP contribution in [-0.2, 0) is 6.42 Å². The van der Waals surface area contributed by atoms with E-state index in [1.807, 2.05) is 31.2 Å². The average Bonchev–Trinajstić information content (AvgIpc) is 2.53. The van der Waals surface area contributed by atoms with Gasteiger partial charge in [0.2, 0.25) is 5.88 Å². The van der Waals surface area contributed by atoms with E-state index in [4.69, 9.17) is 4.74 Å². The van der Waals surface area contributed by atoms with Crippen molar-refractivity contribution in [2.45, 2.75) is 13.3 Å². The highest BCUT2D eigenvalue weighted by atomic mass is 16.5. The number of fused-ring (bicyclic) bond motifs is 2. The van der Waals surface area contributed by atoms with E-state index in [0.29, 0.717) is 17.3 Å². The molecule has 0 spiro atoms. The van der Waals surface area contributed by atoms with Crippen molar-refractivity contribution in [2.24, 2.45) is 0 Å². The van der Waals surface area contributed by atoms with Gasteiger partial charge in [-0.3, -0.25) is 0 Å². The van der Waals surface area contributed by atoms with Crippen LogP contribution in [0.5, 0.6) is 17.4 Å². The SMILES string of the molecule is Cc1nc(-c2ccccc2O)nc2c1Cc1ccccc1O2. The fourth-order valence-electron chi connectivity index (χ4n) is 2.68. The van der Waals surface area contributed by atoms with E-state index in [1.165, 1.54) is 0 Å². The Bertz CT molecular complexity index is 875. The summed E-state index contributed by atoms with van der Waals surface area (Å²) in [4.78, 5) is 9.05. The zero-order chi connectivity index (χ0) is 15.1. The van der Waals surface area contributed by atoms with Crippen LogP contribution in [0.25, 0.3) is 11.4 Å². The maximum Gasteiger partial charge on any atom is 0.226 e. The number of aromatic hydroxyl groups is 1. The van der Waals surface area contributed by atoms with E-state index >= 15 is 0 Å². The second-order valence-corrected chi connectivity index (χ2v) is 5.32. The number of hydrogen-bond acceptors (Lipinski definition) is 4. The summed E-state index contributed by atoms with van der Waals surface area (Å²) in [5.74, 6) is 2.05. The van der Waals surface area contributed by atoms with E-state index in [2.05, 4.69) is 16.0 Å². The molecule has 108 valence electrons. The zero-order valence-corrected chi connectivity index (χ0v) is 12.1. The highest BCUT2D eigenvalue weighted by Crippen LogP contribution is 2.38. The van der Waals surface area contributed by atoms with Crippen molar-refractivity contribution in [1.82, 2.24) is 9.97 Å². The van der Waals surface area contributed by atoms with E-state index in [-0.39, 0.29) is 5.75 Å². The highest BCUT2D eigenvalue weighted by Gasteiger charge is 2.22. The number of benzene rings is 2. The minimum Gasteiger partial charge on any atom is -0.507 e. The third kappa shape index (κ3) is 2.00. The summed E-state index contributed by atoms with van der Waals surface area (Å²) in [7, 11) is 0. The Labute approximate surface area is 128 Å². The lowest BCUT2D eigenvalue weighted by Crippen LogP contribution is -2.09. The number of rotatable bonds is 1. The molecule has 3 aromatic rings. The van der Waals surface area contributed by atoms with Crippen LogP contribution in [0, 0.1) is 6.92 Å². The molecule has 2 heterocycles. The molecule has 1 aromatic heterocycles. The zero-order valence-electron chi connectivity index (χ0n) is 12.1. The molecular formula is C18H14N2O2. The summed E-state index contributed by atoms with van der Waals surface area (Å²) in [6.45, 7) is 1.95. The van der Waals surface area contributed by atoms with Gasteiger partial charge in [-0.1, -0.05) is 30.3 Å². The first kappa shape index (κ1) is 12.8. The van der Waals surface area contributed by atoms with Crippen molar-refractivity contribution in [2.75, 3.05) is 0 Å². The topological polar surface area (TPSA) is 55.2 Å². The summed E-state index contributed by atoms with van der Waals surface area (Å²) in [5, 5.41) is 10.00. The Hall–Kier alpha value is -2.88. The summed E-state index contributed by atoms with van der Waals surface area (Å²) in [6, 6.07) is 15.0. The van der Waals surface area contributed by atoms with Gasteiger partial charge in [0, 0.05) is 17.7 Å². The number of phenolic OH excluding ortho intramolecular Hbond substituents is 1. The first-order valence-corrected chi connectivity index (χ1v) is 7.14. The van der Waals surface area contributed by atoms with Crippen molar-refractivity contribution in [1.29, 1.82) is 0 Å². The molecule has 0 amide bonds. The van der Waals surface area contributed by atoms with Gasteiger partial charge in [0.15, 0.2) is 5.82 Å². The molecule has 1 N–H and O–H groups in total. The van der Waals surface area contributed by atoms with Gasteiger partial charge in [0.1, 0.15) is 11.5 Å². The Kier molecular flexibility index (Phi) is 2.82. The molecule has 0 unspecified atom stereocenters. The van der Waals surface area contributed by atoms with Gasteiger partial charge in [-0.05, 0) is 30.7 Å². The Morgan fingerprint density at radius 2 is 1.77 bits per heavy atom. The van der Waals surface area contributed by atoms with Crippen LogP contribution in [0.1, 0.15) is 16.8 Å². The van der Waals surface area contributed by atoms with Crippen LogP contribution in [0.2, 0.25) is 0 Å². The molecular weight excluding hydrogens is 276 g/mol. The Balaban J connectivity index is 1.85. The minimum absolute atomic E-state index is 0.165. The van der Waals surface area contributed by atoms with Gasteiger partial charge >= 0.3 is 0 Å². The minimum atomic E-state index is 0.165. The number of aryl methyl sites for hydroxylation is 1. The molecule has 0 saturated carbocycles. The molecule has 1 aliphatic heterocycles. The van der Waals surface area contributed by atoms with Gasteiger partial charge < -0.3 is 9.84 Å². The van der Waals surface area contributed by atoms with Gasteiger partial charge in [-0.25, -0.2) is 4.98 Å². The van der Waals surface area contributed by atoms with E-state index in [0.717, 1.165) is 29.0 Å². The lowest BCUT2D eigenvalue weighted by atomic mass is 10.0. The van der Waals surface area contributed by atoms with Gasteiger partial charge in [0.25, 0.3) is 0 Å². The van der Waals surface area contributed by atoms with Crippen LogP contribution in [0.3, 0.4) is 0 Å².